The third-order valence-electron chi connectivity index (χ3n) is 6.12. The standard InChI is InChI=1S/C20H30N2O2.C2HF3O2/c1-17-7-3-4-8-18(17)19(23)21-14-10-20(11-15-21)9-5-12-22(20)13-6-16-24-2;3-2(4,5)1(6)7/h3-4,7-8H,5-6,9-16H2,1-2H3;(H,6,7). The number of carbonyl (C=O) groups excluding carboxylic acids is 1. The van der Waals surface area contributed by atoms with Crippen LogP contribution in [0.1, 0.15) is 48.0 Å². The first-order chi connectivity index (χ1) is 14.6. The number of nitrogens with zero attached hydrogens (tertiary/aromatic N) is 2. The lowest BCUT2D eigenvalue weighted by Crippen LogP contribution is -2.53. The number of aryl methyl sites for hydroxylation is 1. The van der Waals surface area contributed by atoms with Gasteiger partial charge in [0.25, 0.3) is 5.91 Å². The minimum absolute atomic E-state index is 0.201. The van der Waals surface area contributed by atoms with Gasteiger partial charge < -0.3 is 14.7 Å². The van der Waals surface area contributed by atoms with Crippen molar-refractivity contribution in [3.05, 3.63) is 35.4 Å². The Labute approximate surface area is 181 Å². The number of rotatable bonds is 5. The molecule has 9 heteroatoms. The fraction of sp³-hybridized carbons (Fsp3) is 0.636. The number of ether oxygens (including phenoxy) is 1. The summed E-state index contributed by atoms with van der Waals surface area (Å²) in [5.74, 6) is -2.56. The van der Waals surface area contributed by atoms with Crippen LogP contribution in [0.25, 0.3) is 0 Å². The van der Waals surface area contributed by atoms with Crippen molar-refractivity contribution < 1.29 is 32.6 Å². The number of carboxylic acid groups (broad SMARTS) is 1. The van der Waals surface area contributed by atoms with E-state index in [2.05, 4.69) is 9.80 Å². The molecule has 2 saturated heterocycles. The highest BCUT2D eigenvalue weighted by Crippen LogP contribution is 2.38. The molecule has 31 heavy (non-hydrogen) atoms. The van der Waals surface area contributed by atoms with Crippen LogP contribution in [-0.4, -0.2) is 78.4 Å². The van der Waals surface area contributed by atoms with Crippen molar-refractivity contribution in [2.24, 2.45) is 0 Å². The molecule has 0 aromatic heterocycles. The number of carbonyl (C=O) groups is 2. The minimum atomic E-state index is -5.08. The number of benzene rings is 1. The highest BCUT2D eigenvalue weighted by molar-refractivity contribution is 5.95. The smallest absolute Gasteiger partial charge is 0.475 e. The van der Waals surface area contributed by atoms with Gasteiger partial charge in [-0.2, -0.15) is 13.2 Å². The molecule has 174 valence electrons. The summed E-state index contributed by atoms with van der Waals surface area (Å²) < 4.78 is 36.9. The quantitative estimate of drug-likeness (QED) is 0.701. The zero-order valence-electron chi connectivity index (χ0n) is 18.1. The normalized spacial score (nSPS) is 18.5. The van der Waals surface area contributed by atoms with Gasteiger partial charge in [0.05, 0.1) is 0 Å². The predicted octanol–water partition coefficient (Wildman–Crippen LogP) is 3.74. The van der Waals surface area contributed by atoms with E-state index in [-0.39, 0.29) is 5.91 Å². The van der Waals surface area contributed by atoms with Gasteiger partial charge in [-0.15, -0.1) is 0 Å². The van der Waals surface area contributed by atoms with Crippen molar-refractivity contribution in [3.8, 4) is 0 Å². The molecule has 2 heterocycles. The topological polar surface area (TPSA) is 70.1 Å². The molecule has 0 saturated carbocycles. The monoisotopic (exact) mass is 444 g/mol. The molecular formula is C22H31F3N2O4. The van der Waals surface area contributed by atoms with E-state index in [1.807, 2.05) is 31.2 Å². The Morgan fingerprint density at radius 1 is 1.13 bits per heavy atom. The molecule has 1 spiro atoms. The Hall–Kier alpha value is -2.13. The number of amides is 1. The van der Waals surface area contributed by atoms with Crippen molar-refractivity contribution >= 4 is 11.9 Å². The van der Waals surface area contributed by atoms with Gasteiger partial charge in [-0.25, -0.2) is 4.79 Å². The molecule has 0 unspecified atom stereocenters. The van der Waals surface area contributed by atoms with Crippen LogP contribution in [-0.2, 0) is 9.53 Å². The predicted molar refractivity (Wildman–Crippen MR) is 110 cm³/mol. The Morgan fingerprint density at radius 3 is 2.29 bits per heavy atom. The van der Waals surface area contributed by atoms with Crippen LogP contribution in [0.2, 0.25) is 0 Å². The second kappa shape index (κ2) is 10.9. The van der Waals surface area contributed by atoms with Crippen LogP contribution in [0.4, 0.5) is 13.2 Å². The van der Waals surface area contributed by atoms with Gasteiger partial charge in [0.2, 0.25) is 0 Å². The molecule has 1 aromatic carbocycles. The van der Waals surface area contributed by atoms with Gasteiger partial charge in [0.15, 0.2) is 0 Å². The average Bonchev–Trinajstić information content (AvgIpc) is 3.10. The number of piperidine rings is 1. The van der Waals surface area contributed by atoms with E-state index in [4.69, 9.17) is 14.6 Å². The summed E-state index contributed by atoms with van der Waals surface area (Å²) in [6.07, 6.45) is 0.810. The van der Waals surface area contributed by atoms with Gasteiger partial charge in [-0.3, -0.25) is 9.69 Å². The van der Waals surface area contributed by atoms with Gasteiger partial charge in [-0.05, 0) is 57.2 Å². The number of aliphatic carboxylic acids is 1. The summed E-state index contributed by atoms with van der Waals surface area (Å²) in [5, 5.41) is 7.12. The summed E-state index contributed by atoms with van der Waals surface area (Å²) in [6, 6.07) is 7.93. The van der Waals surface area contributed by atoms with E-state index >= 15 is 0 Å². The third kappa shape index (κ3) is 6.67. The zero-order valence-corrected chi connectivity index (χ0v) is 18.1. The van der Waals surface area contributed by atoms with E-state index in [1.54, 1.807) is 7.11 Å². The molecule has 0 atom stereocenters. The van der Waals surface area contributed by atoms with E-state index in [9.17, 15) is 18.0 Å². The zero-order chi connectivity index (χ0) is 23.1. The first-order valence-corrected chi connectivity index (χ1v) is 10.5. The Bertz CT molecular complexity index is 747. The summed E-state index contributed by atoms with van der Waals surface area (Å²) >= 11 is 0. The van der Waals surface area contributed by atoms with Crippen molar-refractivity contribution in [2.75, 3.05) is 39.9 Å². The van der Waals surface area contributed by atoms with Crippen molar-refractivity contribution in [1.29, 1.82) is 0 Å². The molecule has 0 bridgehead atoms. The maximum absolute atomic E-state index is 12.8. The number of methoxy groups -OCH3 is 1. The maximum Gasteiger partial charge on any atom is 0.490 e. The molecule has 0 radical (unpaired) electrons. The summed E-state index contributed by atoms with van der Waals surface area (Å²) in [4.78, 5) is 26.4. The fourth-order valence-electron chi connectivity index (χ4n) is 4.42. The summed E-state index contributed by atoms with van der Waals surface area (Å²) in [5.41, 5.74) is 2.26. The number of alkyl halides is 3. The highest BCUT2D eigenvalue weighted by atomic mass is 19.4. The molecule has 0 aliphatic carbocycles. The first kappa shape index (κ1) is 25.1. The average molecular weight is 444 g/mol. The molecule has 2 aliphatic rings. The largest absolute Gasteiger partial charge is 0.490 e. The Balaban J connectivity index is 0.000000423. The maximum atomic E-state index is 12.8. The van der Waals surface area contributed by atoms with Crippen molar-refractivity contribution in [3.63, 3.8) is 0 Å². The second-order valence-corrected chi connectivity index (χ2v) is 8.07. The van der Waals surface area contributed by atoms with Gasteiger partial charge in [0.1, 0.15) is 0 Å². The van der Waals surface area contributed by atoms with E-state index in [0.717, 1.165) is 56.6 Å². The third-order valence-corrected chi connectivity index (χ3v) is 6.12. The van der Waals surface area contributed by atoms with E-state index in [0.29, 0.717) is 5.54 Å². The molecule has 2 fully saturated rings. The van der Waals surface area contributed by atoms with Crippen molar-refractivity contribution in [2.45, 2.75) is 50.7 Å². The summed E-state index contributed by atoms with van der Waals surface area (Å²) in [7, 11) is 1.77. The minimum Gasteiger partial charge on any atom is -0.475 e. The lowest BCUT2D eigenvalue weighted by molar-refractivity contribution is -0.192. The van der Waals surface area contributed by atoms with Crippen molar-refractivity contribution in [1.82, 2.24) is 9.80 Å². The van der Waals surface area contributed by atoms with Crippen LogP contribution in [0.15, 0.2) is 24.3 Å². The number of hydrogen-bond donors (Lipinski definition) is 1. The summed E-state index contributed by atoms with van der Waals surface area (Å²) in [6.45, 7) is 6.95. The van der Waals surface area contributed by atoms with Crippen LogP contribution in [0, 0.1) is 6.92 Å². The SMILES string of the molecule is COCCCN1CCCC12CCN(C(=O)c1ccccc1C)CC2.O=C(O)C(F)(F)F. The molecule has 3 rings (SSSR count). The van der Waals surface area contributed by atoms with Crippen LogP contribution in [0.5, 0.6) is 0 Å². The van der Waals surface area contributed by atoms with E-state index in [1.165, 1.54) is 19.4 Å². The Morgan fingerprint density at radius 2 is 1.74 bits per heavy atom. The molecule has 6 nitrogen and oxygen atoms in total. The molecular weight excluding hydrogens is 413 g/mol. The second-order valence-electron chi connectivity index (χ2n) is 8.07. The fourth-order valence-corrected chi connectivity index (χ4v) is 4.42. The van der Waals surface area contributed by atoms with E-state index < -0.39 is 12.1 Å². The van der Waals surface area contributed by atoms with Crippen LogP contribution in [0.3, 0.4) is 0 Å². The van der Waals surface area contributed by atoms with Crippen LogP contribution >= 0.6 is 0 Å². The van der Waals surface area contributed by atoms with Gasteiger partial charge in [-0.1, -0.05) is 18.2 Å². The van der Waals surface area contributed by atoms with Crippen LogP contribution < -0.4 is 0 Å². The lowest BCUT2D eigenvalue weighted by atomic mass is 9.84. The lowest BCUT2D eigenvalue weighted by Gasteiger charge is -2.45. The number of carboxylic acids is 1. The number of halogens is 3. The first-order valence-electron chi connectivity index (χ1n) is 10.5. The number of hydrogen-bond acceptors (Lipinski definition) is 4. The van der Waals surface area contributed by atoms with Gasteiger partial charge in [0, 0.05) is 44.5 Å². The molecule has 1 aromatic rings. The van der Waals surface area contributed by atoms with Gasteiger partial charge >= 0.3 is 12.1 Å². The molecule has 2 aliphatic heterocycles. The molecule has 1 N–H and O–H groups in total. The highest BCUT2D eigenvalue weighted by Gasteiger charge is 2.43. The number of likely N-dealkylation sites (tertiary alicyclic amines) is 2. The molecule has 1 amide bonds. The Kier molecular flexibility index (Phi) is 8.88.